The van der Waals surface area contributed by atoms with E-state index in [0.717, 1.165) is 28.0 Å². The molecule has 0 N–H and O–H groups in total. The summed E-state index contributed by atoms with van der Waals surface area (Å²) in [4.78, 5) is 12.2. The van der Waals surface area contributed by atoms with E-state index in [-0.39, 0.29) is 5.78 Å². The highest BCUT2D eigenvalue weighted by molar-refractivity contribution is 6.07. The minimum atomic E-state index is 0.163. The molecule has 0 fully saturated rings. The summed E-state index contributed by atoms with van der Waals surface area (Å²) >= 11 is 0. The molecular formula is C20H21NO3. The van der Waals surface area contributed by atoms with Crippen molar-refractivity contribution in [3.05, 3.63) is 60.3 Å². The molecule has 1 heterocycles. The van der Waals surface area contributed by atoms with Crippen molar-refractivity contribution in [2.24, 2.45) is 0 Å². The van der Waals surface area contributed by atoms with Gasteiger partial charge in [-0.1, -0.05) is 37.3 Å². The van der Waals surface area contributed by atoms with Gasteiger partial charge < -0.3 is 14.0 Å². The number of ether oxygens (including phenoxy) is 2. The fourth-order valence-corrected chi connectivity index (χ4v) is 2.84. The topological polar surface area (TPSA) is 40.5 Å². The first-order valence-corrected chi connectivity index (χ1v) is 8.11. The van der Waals surface area contributed by atoms with Gasteiger partial charge in [0.05, 0.1) is 13.7 Å². The summed E-state index contributed by atoms with van der Waals surface area (Å²) in [7, 11) is 1.63. The fourth-order valence-electron chi connectivity index (χ4n) is 2.84. The van der Waals surface area contributed by atoms with Gasteiger partial charge in [0.25, 0.3) is 0 Å². The molecule has 124 valence electrons. The molecule has 3 aromatic rings. The highest BCUT2D eigenvalue weighted by atomic mass is 16.5. The van der Waals surface area contributed by atoms with E-state index in [2.05, 4.69) is 4.57 Å². The number of rotatable bonds is 7. The number of aromatic nitrogens is 1. The first kappa shape index (κ1) is 16.1. The average molecular weight is 323 g/mol. The van der Waals surface area contributed by atoms with Crippen molar-refractivity contribution in [2.75, 3.05) is 13.7 Å². The van der Waals surface area contributed by atoms with Crippen LogP contribution in [0.5, 0.6) is 11.5 Å². The van der Waals surface area contributed by atoms with Crippen molar-refractivity contribution in [2.45, 2.75) is 19.9 Å². The maximum atomic E-state index is 12.2. The van der Waals surface area contributed by atoms with Gasteiger partial charge >= 0.3 is 0 Å². The van der Waals surface area contributed by atoms with Crippen LogP contribution in [0.3, 0.4) is 0 Å². The average Bonchev–Trinajstić information content (AvgIpc) is 3.00. The van der Waals surface area contributed by atoms with Gasteiger partial charge in [-0.05, 0) is 18.2 Å². The van der Waals surface area contributed by atoms with E-state index in [9.17, 15) is 4.79 Å². The normalized spacial score (nSPS) is 10.8. The van der Waals surface area contributed by atoms with Gasteiger partial charge in [0.15, 0.2) is 17.3 Å². The number of ketones is 1. The first-order chi connectivity index (χ1) is 11.7. The molecule has 0 saturated carbocycles. The number of fused-ring (bicyclic) bond motifs is 1. The predicted molar refractivity (Wildman–Crippen MR) is 95.0 cm³/mol. The van der Waals surface area contributed by atoms with E-state index in [1.54, 1.807) is 7.11 Å². The monoisotopic (exact) mass is 323 g/mol. The van der Waals surface area contributed by atoms with E-state index < -0.39 is 0 Å². The second-order valence-electron chi connectivity index (χ2n) is 5.53. The Balaban J connectivity index is 1.79. The Kier molecular flexibility index (Phi) is 4.85. The van der Waals surface area contributed by atoms with E-state index in [1.807, 2.05) is 61.7 Å². The lowest BCUT2D eigenvalue weighted by molar-refractivity contribution is 0.0989. The molecule has 0 radical (unpaired) electrons. The quantitative estimate of drug-likeness (QED) is 0.608. The second-order valence-corrected chi connectivity index (χ2v) is 5.53. The predicted octanol–water partition coefficient (Wildman–Crippen LogP) is 4.32. The number of para-hydroxylation sites is 3. The standard InChI is InChI=1S/C20H21NO3/c1-3-18(22)16-14-21(17-9-5-4-8-15(16)17)12-13-24-20-11-7-6-10-19(20)23-2/h4-11,14H,3,12-13H2,1-2H3. The zero-order valence-electron chi connectivity index (χ0n) is 14.0. The van der Waals surface area contributed by atoms with Crippen molar-refractivity contribution in [1.29, 1.82) is 0 Å². The van der Waals surface area contributed by atoms with Crippen LogP contribution in [0.4, 0.5) is 0 Å². The zero-order valence-corrected chi connectivity index (χ0v) is 14.0. The number of Topliss-reactive ketones (excluding diaryl/α,β-unsaturated/α-hetero) is 1. The Morgan fingerprint density at radius 1 is 1.04 bits per heavy atom. The molecular weight excluding hydrogens is 302 g/mol. The highest BCUT2D eigenvalue weighted by Crippen LogP contribution is 2.26. The lowest BCUT2D eigenvalue weighted by Crippen LogP contribution is -2.08. The molecule has 1 aromatic heterocycles. The van der Waals surface area contributed by atoms with Crippen LogP contribution in [0.2, 0.25) is 0 Å². The van der Waals surface area contributed by atoms with Crippen LogP contribution in [-0.4, -0.2) is 24.1 Å². The maximum Gasteiger partial charge on any atom is 0.164 e. The molecule has 0 bridgehead atoms. The summed E-state index contributed by atoms with van der Waals surface area (Å²) in [5, 5.41) is 1.00. The molecule has 0 aliphatic rings. The second kappa shape index (κ2) is 7.21. The third-order valence-electron chi connectivity index (χ3n) is 4.07. The lowest BCUT2D eigenvalue weighted by Gasteiger charge is -2.11. The number of methoxy groups -OCH3 is 1. The van der Waals surface area contributed by atoms with E-state index in [1.165, 1.54) is 0 Å². The van der Waals surface area contributed by atoms with Crippen LogP contribution in [0.1, 0.15) is 23.7 Å². The van der Waals surface area contributed by atoms with Crippen LogP contribution in [-0.2, 0) is 6.54 Å². The van der Waals surface area contributed by atoms with Crippen LogP contribution in [0.15, 0.2) is 54.7 Å². The number of carbonyl (C=O) groups is 1. The van der Waals surface area contributed by atoms with Gasteiger partial charge in [0.1, 0.15) is 6.61 Å². The molecule has 0 aliphatic heterocycles. The van der Waals surface area contributed by atoms with Crippen LogP contribution in [0.25, 0.3) is 10.9 Å². The number of hydrogen-bond acceptors (Lipinski definition) is 3. The third kappa shape index (κ3) is 3.13. The van der Waals surface area contributed by atoms with Crippen molar-refractivity contribution in [1.82, 2.24) is 4.57 Å². The van der Waals surface area contributed by atoms with Crippen LogP contribution < -0.4 is 9.47 Å². The smallest absolute Gasteiger partial charge is 0.164 e. The maximum absolute atomic E-state index is 12.2. The van der Waals surface area contributed by atoms with Crippen molar-refractivity contribution < 1.29 is 14.3 Å². The van der Waals surface area contributed by atoms with Crippen molar-refractivity contribution >= 4 is 16.7 Å². The molecule has 2 aromatic carbocycles. The zero-order chi connectivity index (χ0) is 16.9. The molecule has 4 heteroatoms. The Morgan fingerprint density at radius 2 is 1.75 bits per heavy atom. The number of carbonyl (C=O) groups excluding carboxylic acids is 1. The molecule has 0 atom stereocenters. The summed E-state index contributed by atoms with van der Waals surface area (Å²) in [5.74, 6) is 1.61. The summed E-state index contributed by atoms with van der Waals surface area (Å²) in [5.41, 5.74) is 1.84. The van der Waals surface area contributed by atoms with E-state index in [0.29, 0.717) is 19.6 Å². The summed E-state index contributed by atoms with van der Waals surface area (Å²) in [6.07, 6.45) is 2.44. The van der Waals surface area contributed by atoms with E-state index >= 15 is 0 Å². The molecule has 4 nitrogen and oxygen atoms in total. The Morgan fingerprint density at radius 3 is 2.50 bits per heavy atom. The summed E-state index contributed by atoms with van der Waals surface area (Å²) < 4.78 is 13.2. The number of nitrogens with zero attached hydrogens (tertiary/aromatic N) is 1. The van der Waals surface area contributed by atoms with Gasteiger partial charge in [0.2, 0.25) is 0 Å². The summed E-state index contributed by atoms with van der Waals surface area (Å²) in [6.45, 7) is 3.05. The minimum absolute atomic E-state index is 0.163. The SMILES string of the molecule is CCC(=O)c1cn(CCOc2ccccc2OC)c2ccccc12. The van der Waals surface area contributed by atoms with E-state index in [4.69, 9.17) is 9.47 Å². The molecule has 3 rings (SSSR count). The van der Waals surface area contributed by atoms with Crippen LogP contribution in [0, 0.1) is 0 Å². The third-order valence-corrected chi connectivity index (χ3v) is 4.07. The molecule has 0 unspecified atom stereocenters. The number of hydrogen-bond donors (Lipinski definition) is 0. The lowest BCUT2D eigenvalue weighted by atomic mass is 10.1. The Bertz CT molecular complexity index is 851. The highest BCUT2D eigenvalue weighted by Gasteiger charge is 2.13. The van der Waals surface area contributed by atoms with Crippen LogP contribution >= 0.6 is 0 Å². The van der Waals surface area contributed by atoms with Gasteiger partial charge in [-0.25, -0.2) is 0 Å². The molecule has 24 heavy (non-hydrogen) atoms. The largest absolute Gasteiger partial charge is 0.493 e. The molecule has 0 spiro atoms. The van der Waals surface area contributed by atoms with Gasteiger partial charge in [-0.2, -0.15) is 0 Å². The molecule has 0 aliphatic carbocycles. The molecule has 0 amide bonds. The fraction of sp³-hybridized carbons (Fsp3) is 0.250. The minimum Gasteiger partial charge on any atom is -0.493 e. The van der Waals surface area contributed by atoms with Gasteiger partial charge in [-0.3, -0.25) is 4.79 Å². The van der Waals surface area contributed by atoms with Crippen molar-refractivity contribution in [3.63, 3.8) is 0 Å². The van der Waals surface area contributed by atoms with Gasteiger partial charge in [0, 0.05) is 29.1 Å². The first-order valence-electron chi connectivity index (χ1n) is 8.11. The Labute approximate surface area is 141 Å². The summed E-state index contributed by atoms with van der Waals surface area (Å²) in [6, 6.07) is 15.6. The molecule has 0 saturated heterocycles. The van der Waals surface area contributed by atoms with Crippen molar-refractivity contribution in [3.8, 4) is 11.5 Å². The van der Waals surface area contributed by atoms with Gasteiger partial charge in [-0.15, -0.1) is 0 Å². The Hall–Kier alpha value is -2.75. The number of benzene rings is 2.